The van der Waals surface area contributed by atoms with Gasteiger partial charge in [-0.15, -0.1) is 11.3 Å². The molecule has 0 bridgehead atoms. The molecular weight excluding hydrogens is 402 g/mol. The minimum atomic E-state index is -0.342. The SMILES string of the molecule is CC1C=C(NC(=O)c2cc(-c3ccc(CNCCO)s3)cnc2N)c2occc2N1. The highest BCUT2D eigenvalue weighted by Crippen LogP contribution is 2.31. The number of carbonyl (C=O) groups is 1. The van der Waals surface area contributed by atoms with Crippen molar-refractivity contribution in [1.82, 2.24) is 15.6 Å². The molecule has 0 saturated heterocycles. The van der Waals surface area contributed by atoms with Crippen molar-refractivity contribution in [2.24, 2.45) is 0 Å². The fourth-order valence-corrected chi connectivity index (χ4v) is 4.20. The highest BCUT2D eigenvalue weighted by atomic mass is 32.1. The Bertz CT molecular complexity index is 1090. The van der Waals surface area contributed by atoms with Gasteiger partial charge in [-0.05, 0) is 31.2 Å². The lowest BCUT2D eigenvalue weighted by Gasteiger charge is -2.20. The Labute approximate surface area is 177 Å². The summed E-state index contributed by atoms with van der Waals surface area (Å²) >= 11 is 1.60. The van der Waals surface area contributed by atoms with Gasteiger partial charge in [-0.3, -0.25) is 4.79 Å². The Morgan fingerprint density at radius 3 is 3.10 bits per heavy atom. The number of thiophene rings is 1. The van der Waals surface area contributed by atoms with E-state index in [4.69, 9.17) is 15.3 Å². The first-order valence-corrected chi connectivity index (χ1v) is 10.4. The smallest absolute Gasteiger partial charge is 0.259 e. The molecular formula is C21H23N5O3S. The zero-order chi connectivity index (χ0) is 21.1. The van der Waals surface area contributed by atoms with Gasteiger partial charge in [0.15, 0.2) is 5.76 Å². The summed E-state index contributed by atoms with van der Waals surface area (Å²) in [6.45, 7) is 3.31. The summed E-state index contributed by atoms with van der Waals surface area (Å²) in [6, 6.07) is 7.63. The van der Waals surface area contributed by atoms with Crippen LogP contribution in [0.15, 0.2) is 47.2 Å². The maximum absolute atomic E-state index is 13.0. The molecule has 156 valence electrons. The number of nitrogen functional groups attached to an aromatic ring is 1. The first-order chi connectivity index (χ1) is 14.5. The molecule has 0 radical (unpaired) electrons. The predicted molar refractivity (Wildman–Crippen MR) is 118 cm³/mol. The molecule has 1 unspecified atom stereocenters. The van der Waals surface area contributed by atoms with Crippen LogP contribution >= 0.6 is 11.3 Å². The van der Waals surface area contributed by atoms with E-state index in [9.17, 15) is 4.79 Å². The normalized spacial score (nSPS) is 15.3. The van der Waals surface area contributed by atoms with Gasteiger partial charge < -0.3 is 31.2 Å². The summed E-state index contributed by atoms with van der Waals surface area (Å²) < 4.78 is 5.51. The summed E-state index contributed by atoms with van der Waals surface area (Å²) in [5.41, 5.74) is 8.57. The van der Waals surface area contributed by atoms with E-state index in [1.54, 1.807) is 29.9 Å². The van der Waals surface area contributed by atoms with Crippen molar-refractivity contribution in [2.45, 2.75) is 19.5 Å². The van der Waals surface area contributed by atoms with Crippen LogP contribution in [0.5, 0.6) is 0 Å². The zero-order valence-electron chi connectivity index (χ0n) is 16.4. The number of hydrogen-bond donors (Lipinski definition) is 5. The molecule has 0 saturated carbocycles. The van der Waals surface area contributed by atoms with Crippen LogP contribution in [0.25, 0.3) is 16.1 Å². The van der Waals surface area contributed by atoms with Crippen LogP contribution in [-0.2, 0) is 6.54 Å². The quantitative estimate of drug-likeness (QED) is 0.369. The summed E-state index contributed by atoms with van der Waals surface area (Å²) in [7, 11) is 0. The van der Waals surface area contributed by atoms with Crippen molar-refractivity contribution in [3.8, 4) is 10.4 Å². The Kier molecular flexibility index (Phi) is 5.84. The molecule has 3 aromatic heterocycles. The second-order valence-corrected chi connectivity index (χ2v) is 8.12. The first kappa shape index (κ1) is 20.1. The zero-order valence-corrected chi connectivity index (χ0v) is 17.3. The van der Waals surface area contributed by atoms with E-state index >= 15 is 0 Å². The highest BCUT2D eigenvalue weighted by Gasteiger charge is 2.22. The third-order valence-corrected chi connectivity index (χ3v) is 5.79. The molecule has 30 heavy (non-hydrogen) atoms. The van der Waals surface area contributed by atoms with E-state index < -0.39 is 0 Å². The average molecular weight is 426 g/mol. The lowest BCUT2D eigenvalue weighted by Crippen LogP contribution is -2.28. The number of furan rings is 1. The second-order valence-electron chi connectivity index (χ2n) is 6.95. The molecule has 4 heterocycles. The van der Waals surface area contributed by atoms with Crippen LogP contribution in [-0.4, -0.2) is 35.2 Å². The molecule has 0 aromatic carbocycles. The number of rotatable bonds is 7. The molecule has 1 amide bonds. The number of nitrogens with two attached hydrogens (primary N) is 1. The Morgan fingerprint density at radius 2 is 2.27 bits per heavy atom. The van der Waals surface area contributed by atoms with Gasteiger partial charge in [-0.2, -0.15) is 0 Å². The number of carbonyl (C=O) groups excluding carboxylic acids is 1. The van der Waals surface area contributed by atoms with Crippen LogP contribution in [0.4, 0.5) is 11.5 Å². The molecule has 8 nitrogen and oxygen atoms in total. The number of aliphatic hydroxyl groups excluding tert-OH is 1. The number of nitrogens with zero attached hydrogens (tertiary/aromatic N) is 1. The van der Waals surface area contributed by atoms with E-state index in [0.717, 1.165) is 21.0 Å². The third-order valence-electron chi connectivity index (χ3n) is 4.66. The van der Waals surface area contributed by atoms with Crippen molar-refractivity contribution in [2.75, 3.05) is 24.2 Å². The van der Waals surface area contributed by atoms with E-state index in [1.807, 2.05) is 31.2 Å². The van der Waals surface area contributed by atoms with Gasteiger partial charge in [0.25, 0.3) is 5.91 Å². The fourth-order valence-electron chi connectivity index (χ4n) is 3.24. The minimum Gasteiger partial charge on any atom is -0.461 e. The minimum absolute atomic E-state index is 0.0520. The van der Waals surface area contributed by atoms with Gasteiger partial charge in [0.1, 0.15) is 5.82 Å². The maximum atomic E-state index is 13.0. The number of hydrogen-bond acceptors (Lipinski definition) is 8. The molecule has 1 atom stereocenters. The van der Waals surface area contributed by atoms with Crippen molar-refractivity contribution in [3.63, 3.8) is 0 Å². The molecule has 0 spiro atoms. The van der Waals surface area contributed by atoms with Crippen molar-refractivity contribution in [1.29, 1.82) is 0 Å². The number of anilines is 2. The van der Waals surface area contributed by atoms with Gasteiger partial charge in [-0.1, -0.05) is 0 Å². The summed E-state index contributed by atoms with van der Waals surface area (Å²) in [5.74, 6) is 0.410. The molecule has 9 heteroatoms. The molecule has 1 aliphatic rings. The van der Waals surface area contributed by atoms with Crippen LogP contribution in [0.1, 0.15) is 27.9 Å². The fraction of sp³-hybridized carbons (Fsp3) is 0.238. The molecule has 6 N–H and O–H groups in total. The Hall–Kier alpha value is -3.14. The highest BCUT2D eigenvalue weighted by molar-refractivity contribution is 7.15. The third kappa shape index (κ3) is 4.23. The molecule has 0 fully saturated rings. The summed E-state index contributed by atoms with van der Waals surface area (Å²) in [5, 5.41) is 18.2. The standard InChI is InChI=1S/C21H23N5O3S/c1-12-8-17(19-16(25-12)4-7-29-19)26-21(28)15-9-13(10-24-20(15)22)18-3-2-14(30-18)11-23-5-6-27/h2-4,7-10,12,23,25,27H,5-6,11H2,1H3,(H2,22,24)(H,26,28). The molecule has 3 aromatic rings. The Morgan fingerprint density at radius 1 is 1.40 bits per heavy atom. The van der Waals surface area contributed by atoms with Crippen molar-refractivity contribution < 1.29 is 14.3 Å². The van der Waals surface area contributed by atoms with E-state index in [2.05, 4.69) is 20.9 Å². The van der Waals surface area contributed by atoms with Crippen LogP contribution in [0.3, 0.4) is 0 Å². The largest absolute Gasteiger partial charge is 0.461 e. The molecule has 4 rings (SSSR count). The topological polar surface area (TPSA) is 125 Å². The van der Waals surface area contributed by atoms with Gasteiger partial charge in [-0.25, -0.2) is 4.98 Å². The number of aromatic nitrogens is 1. The molecule has 0 aliphatic carbocycles. The first-order valence-electron chi connectivity index (χ1n) is 9.59. The maximum Gasteiger partial charge on any atom is 0.259 e. The number of aliphatic hydroxyl groups is 1. The number of fused-ring (bicyclic) bond motifs is 1. The summed E-state index contributed by atoms with van der Waals surface area (Å²) in [6.07, 6.45) is 5.14. The summed E-state index contributed by atoms with van der Waals surface area (Å²) in [4.78, 5) is 19.3. The second kappa shape index (κ2) is 8.70. The van der Waals surface area contributed by atoms with Gasteiger partial charge in [0, 0.05) is 46.7 Å². The van der Waals surface area contributed by atoms with E-state index in [-0.39, 0.29) is 24.4 Å². The predicted octanol–water partition coefficient (Wildman–Crippen LogP) is 2.65. The lowest BCUT2D eigenvalue weighted by atomic mass is 10.1. The van der Waals surface area contributed by atoms with Gasteiger partial charge in [0.05, 0.1) is 29.8 Å². The number of amides is 1. The van der Waals surface area contributed by atoms with Crippen LogP contribution < -0.4 is 21.7 Å². The number of pyridine rings is 1. The van der Waals surface area contributed by atoms with E-state index in [0.29, 0.717) is 30.1 Å². The monoisotopic (exact) mass is 425 g/mol. The Balaban J connectivity index is 1.54. The van der Waals surface area contributed by atoms with Crippen molar-refractivity contribution in [3.05, 3.63) is 59.0 Å². The average Bonchev–Trinajstić information content (AvgIpc) is 3.38. The molecule has 1 aliphatic heterocycles. The van der Waals surface area contributed by atoms with E-state index in [1.165, 1.54) is 0 Å². The van der Waals surface area contributed by atoms with Crippen LogP contribution in [0.2, 0.25) is 0 Å². The van der Waals surface area contributed by atoms with Crippen molar-refractivity contribution >= 4 is 34.4 Å². The van der Waals surface area contributed by atoms with Gasteiger partial charge in [0.2, 0.25) is 0 Å². The number of nitrogens with one attached hydrogen (secondary N) is 3. The van der Waals surface area contributed by atoms with Crippen LogP contribution in [0, 0.1) is 0 Å². The van der Waals surface area contributed by atoms with Gasteiger partial charge >= 0.3 is 0 Å². The lowest BCUT2D eigenvalue weighted by molar-refractivity contribution is 0.0973.